The van der Waals surface area contributed by atoms with Gasteiger partial charge in [0.2, 0.25) is 0 Å². The van der Waals surface area contributed by atoms with Crippen LogP contribution in [-0.4, -0.2) is 40.1 Å². The average Bonchev–Trinajstić information content (AvgIpc) is 3.23. The first-order chi connectivity index (χ1) is 18.6. The second-order valence-corrected chi connectivity index (χ2v) is 9.15. The summed E-state index contributed by atoms with van der Waals surface area (Å²) in [7, 11) is 1.11. The van der Waals surface area contributed by atoms with Crippen molar-refractivity contribution in [3.8, 4) is 0 Å². The quantitative estimate of drug-likeness (QED) is 0.255. The molecule has 39 heavy (non-hydrogen) atoms. The van der Waals surface area contributed by atoms with Gasteiger partial charge in [-0.3, -0.25) is 29.6 Å². The number of hydrogen-bond acceptors (Lipinski definition) is 11. The summed E-state index contributed by atoms with van der Waals surface area (Å²) >= 11 is 0.850. The molecule has 1 atom stereocenters. The molecule has 0 aliphatic carbocycles. The maximum atomic E-state index is 13.5. The number of nitro groups is 2. The van der Waals surface area contributed by atoms with Crippen LogP contribution in [0.5, 0.6) is 0 Å². The molecule has 1 aliphatic heterocycles. The lowest BCUT2D eigenvalue weighted by Crippen LogP contribution is -2.41. The molecule has 0 saturated carbocycles. The number of nitrogens with two attached hydrogens (primary N) is 1. The van der Waals surface area contributed by atoms with Gasteiger partial charge in [0.15, 0.2) is 0 Å². The number of ether oxygens (including phenoxy) is 2. The van der Waals surface area contributed by atoms with Crippen LogP contribution in [0.15, 0.2) is 58.9 Å². The van der Waals surface area contributed by atoms with Gasteiger partial charge in [-0.1, -0.05) is 24.3 Å². The Morgan fingerprint density at radius 3 is 2.31 bits per heavy atom. The highest BCUT2D eigenvalue weighted by Crippen LogP contribution is 2.38. The second-order valence-electron chi connectivity index (χ2n) is 8.12. The first-order valence-electron chi connectivity index (χ1n) is 11.3. The maximum absolute atomic E-state index is 13.5. The molecule has 1 aliphatic rings. The van der Waals surface area contributed by atoms with Crippen LogP contribution in [0.3, 0.4) is 0 Å². The van der Waals surface area contributed by atoms with E-state index in [-0.39, 0.29) is 49.7 Å². The van der Waals surface area contributed by atoms with Gasteiger partial charge in [-0.2, -0.15) is 0 Å². The molecule has 0 spiro atoms. The van der Waals surface area contributed by atoms with Crippen LogP contribution in [0.25, 0.3) is 17.5 Å². The second kappa shape index (κ2) is 10.7. The number of aromatic nitrogens is 1. The van der Waals surface area contributed by atoms with Crippen molar-refractivity contribution in [1.82, 2.24) is 4.57 Å². The molecule has 0 amide bonds. The topological polar surface area (TPSA) is 187 Å². The highest BCUT2D eigenvalue weighted by Gasteiger charge is 2.40. The van der Waals surface area contributed by atoms with Gasteiger partial charge in [0, 0.05) is 24.3 Å². The van der Waals surface area contributed by atoms with Crippen molar-refractivity contribution >= 4 is 52.1 Å². The fourth-order valence-corrected chi connectivity index (χ4v) is 5.36. The van der Waals surface area contributed by atoms with Crippen molar-refractivity contribution in [2.75, 3.05) is 13.7 Å². The summed E-state index contributed by atoms with van der Waals surface area (Å²) in [4.78, 5) is 61.2. The molecule has 2 aromatic carbocycles. The fraction of sp³-hybridized carbons (Fsp3) is 0.160. The Labute approximate surface area is 223 Å². The third-order valence-electron chi connectivity index (χ3n) is 5.84. The minimum atomic E-state index is -1.26. The van der Waals surface area contributed by atoms with E-state index >= 15 is 0 Å². The van der Waals surface area contributed by atoms with Crippen LogP contribution in [0.2, 0.25) is 0 Å². The maximum Gasteiger partial charge on any atom is 0.338 e. The molecule has 200 valence electrons. The monoisotopic (exact) mass is 552 g/mol. The van der Waals surface area contributed by atoms with E-state index in [1.165, 1.54) is 48.5 Å². The number of esters is 2. The van der Waals surface area contributed by atoms with Crippen molar-refractivity contribution < 1.29 is 28.9 Å². The fourth-order valence-electron chi connectivity index (χ4n) is 4.19. The molecule has 2 N–H and O–H groups in total. The average molecular weight is 553 g/mol. The molecular formula is C25H20N4O9S. The molecule has 0 fully saturated rings. The lowest BCUT2D eigenvalue weighted by Gasteiger charge is -2.26. The van der Waals surface area contributed by atoms with Crippen LogP contribution in [0.4, 0.5) is 11.4 Å². The Morgan fingerprint density at radius 2 is 1.69 bits per heavy atom. The van der Waals surface area contributed by atoms with E-state index in [4.69, 9.17) is 15.2 Å². The van der Waals surface area contributed by atoms with Crippen LogP contribution < -0.4 is 20.5 Å². The SMILES string of the molecule is CCOC(=O)C1=C(N)n2c(s/c(=C/c3cccc([N+](=O)[O-])c3)c2=O)=C(C(=O)OC)[C@@H]1c1cccc([N+](=O)[O-])c1. The number of hydrogen-bond donors (Lipinski definition) is 1. The number of carbonyl (C=O) groups is 2. The number of fused-ring (bicyclic) bond motifs is 1. The Hall–Kier alpha value is -5.11. The van der Waals surface area contributed by atoms with Crippen molar-refractivity contribution in [2.24, 2.45) is 5.73 Å². The lowest BCUT2D eigenvalue weighted by molar-refractivity contribution is -0.385. The largest absolute Gasteiger partial charge is 0.466 e. The van der Waals surface area contributed by atoms with E-state index in [0.717, 1.165) is 23.0 Å². The van der Waals surface area contributed by atoms with Gasteiger partial charge in [-0.15, -0.1) is 11.3 Å². The Balaban J connectivity index is 2.11. The van der Waals surface area contributed by atoms with Gasteiger partial charge in [0.25, 0.3) is 16.9 Å². The molecule has 1 aromatic heterocycles. The minimum absolute atomic E-state index is 0.0329. The first kappa shape index (κ1) is 26.9. The summed E-state index contributed by atoms with van der Waals surface area (Å²) in [6.45, 7) is 1.50. The van der Waals surface area contributed by atoms with Crippen LogP contribution in [0.1, 0.15) is 24.0 Å². The summed E-state index contributed by atoms with van der Waals surface area (Å²) in [5.74, 6) is -3.42. The van der Waals surface area contributed by atoms with Gasteiger partial charge in [-0.05, 0) is 24.1 Å². The summed E-state index contributed by atoms with van der Waals surface area (Å²) in [6.07, 6.45) is 1.39. The molecule has 2 heterocycles. The lowest BCUT2D eigenvalue weighted by atomic mass is 9.83. The molecule has 0 saturated heterocycles. The van der Waals surface area contributed by atoms with E-state index in [1.807, 2.05) is 0 Å². The van der Waals surface area contributed by atoms with Gasteiger partial charge < -0.3 is 15.2 Å². The van der Waals surface area contributed by atoms with Crippen molar-refractivity contribution in [1.29, 1.82) is 0 Å². The van der Waals surface area contributed by atoms with E-state index in [0.29, 0.717) is 5.56 Å². The van der Waals surface area contributed by atoms with Gasteiger partial charge in [0.05, 0.1) is 45.2 Å². The van der Waals surface area contributed by atoms with Crippen LogP contribution in [0, 0.1) is 20.2 Å². The Kier molecular flexibility index (Phi) is 7.40. The van der Waals surface area contributed by atoms with Crippen LogP contribution >= 0.6 is 11.3 Å². The zero-order chi connectivity index (χ0) is 28.4. The van der Waals surface area contributed by atoms with E-state index in [9.17, 15) is 34.6 Å². The molecule has 4 rings (SSSR count). The molecule has 0 bridgehead atoms. The molecule has 3 aromatic rings. The minimum Gasteiger partial charge on any atom is -0.466 e. The number of carbonyl (C=O) groups excluding carboxylic acids is 2. The summed E-state index contributed by atoms with van der Waals surface area (Å²) in [5.41, 5.74) is 5.26. The van der Waals surface area contributed by atoms with Crippen molar-refractivity contribution in [3.05, 3.63) is 105 Å². The molecule has 0 unspecified atom stereocenters. The normalized spacial score (nSPS) is 15.1. The zero-order valence-electron chi connectivity index (χ0n) is 20.5. The zero-order valence-corrected chi connectivity index (χ0v) is 21.3. The Bertz CT molecular complexity index is 1750. The number of non-ortho nitro benzene ring substituents is 2. The van der Waals surface area contributed by atoms with Crippen LogP contribution in [-0.2, 0) is 19.1 Å². The third kappa shape index (κ3) is 4.92. The first-order valence-corrected chi connectivity index (χ1v) is 12.1. The van der Waals surface area contributed by atoms with Crippen molar-refractivity contribution in [2.45, 2.75) is 12.8 Å². The van der Waals surface area contributed by atoms with E-state index in [2.05, 4.69) is 0 Å². The van der Waals surface area contributed by atoms with Gasteiger partial charge in [0.1, 0.15) is 10.5 Å². The smallest absolute Gasteiger partial charge is 0.338 e. The number of nitrogens with zero attached hydrogens (tertiary/aromatic N) is 3. The molecule has 13 nitrogen and oxygen atoms in total. The standard InChI is InChI=1S/C25H20N4O9S/c1-3-38-25(32)19-18(14-7-5-9-16(12-14)29(35)36)20(24(31)37-2)23-27(21(19)26)22(30)17(39-23)11-13-6-4-8-15(10-13)28(33)34/h4-12,18H,3,26H2,1-2H3/b17-11+/t18-/m1/s1. The number of rotatable bonds is 7. The van der Waals surface area contributed by atoms with E-state index < -0.39 is 33.3 Å². The third-order valence-corrected chi connectivity index (χ3v) is 6.95. The predicted molar refractivity (Wildman–Crippen MR) is 140 cm³/mol. The van der Waals surface area contributed by atoms with Crippen molar-refractivity contribution in [3.63, 3.8) is 0 Å². The number of methoxy groups -OCH3 is 1. The molecule has 0 radical (unpaired) electrons. The summed E-state index contributed by atoms with van der Waals surface area (Å²) < 4.78 is 11.2. The summed E-state index contributed by atoms with van der Waals surface area (Å²) in [6, 6.07) is 10.9. The van der Waals surface area contributed by atoms with E-state index in [1.54, 1.807) is 13.0 Å². The Morgan fingerprint density at radius 1 is 1.05 bits per heavy atom. The molecule has 14 heteroatoms. The number of benzene rings is 2. The highest BCUT2D eigenvalue weighted by atomic mass is 32.1. The van der Waals surface area contributed by atoms with Gasteiger partial charge in [-0.25, -0.2) is 9.59 Å². The predicted octanol–water partition coefficient (Wildman–Crippen LogP) is 1.37. The highest BCUT2D eigenvalue weighted by molar-refractivity contribution is 7.07. The number of nitro benzene ring substituents is 2. The summed E-state index contributed by atoms with van der Waals surface area (Å²) in [5, 5.41) is 22.6. The number of thiazole rings is 1. The molecular weight excluding hydrogens is 532 g/mol. The van der Waals surface area contributed by atoms with Gasteiger partial charge >= 0.3 is 11.9 Å².